The van der Waals surface area contributed by atoms with Gasteiger partial charge in [0.2, 0.25) is 5.82 Å². The molecule has 0 aliphatic carbocycles. The number of hydrogen-bond donors (Lipinski definition) is 1. The minimum atomic E-state index is -0.385. The number of tetrazole rings is 1. The molecule has 3 aromatic heterocycles. The molecule has 1 N–H and O–H groups in total. The van der Waals surface area contributed by atoms with Gasteiger partial charge >= 0.3 is 0 Å². The SMILES string of the molecule is O=c1[nH]c(Cn2nnc(-c3ccccc3)n2)nc2c1nnn2Cc1ccccc1Cl. The summed E-state index contributed by atoms with van der Waals surface area (Å²) in [6, 6.07) is 16.9. The molecule has 5 rings (SSSR count). The highest BCUT2D eigenvalue weighted by atomic mass is 35.5. The van der Waals surface area contributed by atoms with E-state index in [1.165, 1.54) is 4.80 Å². The molecule has 0 unspecified atom stereocenters. The zero-order chi connectivity index (χ0) is 20.5. The van der Waals surface area contributed by atoms with Crippen LogP contribution in [0.2, 0.25) is 5.02 Å². The minimum absolute atomic E-state index is 0.141. The summed E-state index contributed by atoms with van der Waals surface area (Å²) in [5.41, 5.74) is 1.82. The Balaban J connectivity index is 1.46. The predicted octanol–water partition coefficient (Wildman–Crippen LogP) is 1.92. The van der Waals surface area contributed by atoms with Gasteiger partial charge in [-0.25, -0.2) is 9.67 Å². The number of nitrogens with zero attached hydrogens (tertiary/aromatic N) is 8. The zero-order valence-corrected chi connectivity index (χ0v) is 16.2. The van der Waals surface area contributed by atoms with Crippen LogP contribution in [0, 0.1) is 0 Å². The van der Waals surface area contributed by atoms with Crippen LogP contribution >= 0.6 is 11.6 Å². The first-order valence-electron chi connectivity index (χ1n) is 9.06. The van der Waals surface area contributed by atoms with Gasteiger partial charge in [-0.2, -0.15) is 4.80 Å². The molecule has 0 aliphatic rings. The Morgan fingerprint density at radius 3 is 2.57 bits per heavy atom. The number of rotatable bonds is 5. The van der Waals surface area contributed by atoms with E-state index in [9.17, 15) is 4.79 Å². The average Bonchev–Trinajstić information content (AvgIpc) is 3.38. The number of fused-ring (bicyclic) bond motifs is 1. The van der Waals surface area contributed by atoms with Crippen molar-refractivity contribution in [1.29, 1.82) is 0 Å². The first-order chi connectivity index (χ1) is 14.7. The molecule has 148 valence electrons. The summed E-state index contributed by atoms with van der Waals surface area (Å²) in [7, 11) is 0. The Morgan fingerprint density at radius 2 is 1.73 bits per heavy atom. The molecule has 5 aromatic rings. The van der Waals surface area contributed by atoms with Crippen molar-refractivity contribution in [1.82, 2.24) is 45.2 Å². The maximum atomic E-state index is 12.4. The Hall–Kier alpha value is -3.92. The quantitative estimate of drug-likeness (QED) is 0.462. The van der Waals surface area contributed by atoms with Crippen LogP contribution in [-0.4, -0.2) is 45.2 Å². The highest BCUT2D eigenvalue weighted by Crippen LogP contribution is 2.17. The van der Waals surface area contributed by atoms with Crippen molar-refractivity contribution in [3.63, 3.8) is 0 Å². The topological polar surface area (TPSA) is 120 Å². The van der Waals surface area contributed by atoms with E-state index < -0.39 is 0 Å². The molecule has 0 radical (unpaired) electrons. The van der Waals surface area contributed by atoms with E-state index in [0.29, 0.717) is 28.9 Å². The largest absolute Gasteiger partial charge is 0.307 e. The Labute approximate surface area is 174 Å². The fourth-order valence-electron chi connectivity index (χ4n) is 3.03. The third kappa shape index (κ3) is 3.44. The minimum Gasteiger partial charge on any atom is -0.307 e. The lowest BCUT2D eigenvalue weighted by molar-refractivity contribution is 0.553. The first kappa shape index (κ1) is 18.1. The summed E-state index contributed by atoms with van der Waals surface area (Å²) in [6.07, 6.45) is 0. The van der Waals surface area contributed by atoms with E-state index in [1.807, 2.05) is 48.5 Å². The number of aromatic amines is 1. The van der Waals surface area contributed by atoms with Crippen LogP contribution in [0.15, 0.2) is 59.4 Å². The Kier molecular flexibility index (Phi) is 4.52. The molecule has 0 spiro atoms. The summed E-state index contributed by atoms with van der Waals surface area (Å²) >= 11 is 6.24. The highest BCUT2D eigenvalue weighted by molar-refractivity contribution is 6.31. The number of halogens is 1. The van der Waals surface area contributed by atoms with E-state index in [-0.39, 0.29) is 17.6 Å². The lowest BCUT2D eigenvalue weighted by atomic mass is 10.2. The van der Waals surface area contributed by atoms with Crippen LogP contribution in [0.1, 0.15) is 11.4 Å². The lowest BCUT2D eigenvalue weighted by Gasteiger charge is -2.05. The van der Waals surface area contributed by atoms with Crippen molar-refractivity contribution in [2.45, 2.75) is 13.1 Å². The third-order valence-corrected chi connectivity index (χ3v) is 4.85. The van der Waals surface area contributed by atoms with E-state index in [2.05, 4.69) is 35.7 Å². The number of H-pyrrole nitrogens is 1. The van der Waals surface area contributed by atoms with Gasteiger partial charge in [-0.1, -0.05) is 65.3 Å². The van der Waals surface area contributed by atoms with Crippen LogP contribution in [0.4, 0.5) is 0 Å². The van der Waals surface area contributed by atoms with Gasteiger partial charge in [0.15, 0.2) is 11.2 Å². The standard InChI is InChI=1S/C19H14ClN9O/c20-14-9-5-4-8-13(14)10-28-18-16(23-26-28)19(30)22-15(21-18)11-29-25-17(24-27-29)12-6-2-1-3-7-12/h1-9H,10-11H2,(H,21,22,30). The molecule has 0 bridgehead atoms. The molecule has 3 heterocycles. The molecule has 10 nitrogen and oxygen atoms in total. The smallest absolute Gasteiger partial charge is 0.281 e. The zero-order valence-electron chi connectivity index (χ0n) is 15.5. The summed E-state index contributed by atoms with van der Waals surface area (Å²) in [5, 5.41) is 21.1. The maximum Gasteiger partial charge on any atom is 0.281 e. The summed E-state index contributed by atoms with van der Waals surface area (Å²) in [5.74, 6) is 0.858. The van der Waals surface area contributed by atoms with Crippen LogP contribution < -0.4 is 5.56 Å². The Bertz CT molecular complexity index is 1390. The second-order valence-corrected chi connectivity index (χ2v) is 6.94. The molecule has 30 heavy (non-hydrogen) atoms. The van der Waals surface area contributed by atoms with Crippen molar-refractivity contribution >= 4 is 22.8 Å². The van der Waals surface area contributed by atoms with Crippen LogP contribution in [0.5, 0.6) is 0 Å². The van der Waals surface area contributed by atoms with Crippen molar-refractivity contribution in [3.8, 4) is 11.4 Å². The number of benzene rings is 2. The van der Waals surface area contributed by atoms with Gasteiger partial charge < -0.3 is 4.98 Å². The van der Waals surface area contributed by atoms with Crippen LogP contribution in [0.25, 0.3) is 22.6 Å². The van der Waals surface area contributed by atoms with E-state index >= 15 is 0 Å². The van der Waals surface area contributed by atoms with E-state index in [4.69, 9.17) is 11.6 Å². The molecular weight excluding hydrogens is 406 g/mol. The number of aromatic nitrogens is 9. The van der Waals surface area contributed by atoms with Gasteiger partial charge in [0.05, 0.1) is 6.54 Å². The monoisotopic (exact) mass is 419 g/mol. The van der Waals surface area contributed by atoms with E-state index in [0.717, 1.165) is 11.1 Å². The summed E-state index contributed by atoms with van der Waals surface area (Å²) in [4.78, 5) is 21.0. The fraction of sp³-hybridized carbons (Fsp3) is 0.105. The average molecular weight is 420 g/mol. The van der Waals surface area contributed by atoms with Gasteiger partial charge in [-0.05, 0) is 16.8 Å². The van der Waals surface area contributed by atoms with Crippen LogP contribution in [0.3, 0.4) is 0 Å². The molecule has 0 aliphatic heterocycles. The number of hydrogen-bond acceptors (Lipinski definition) is 7. The van der Waals surface area contributed by atoms with Crippen molar-refractivity contribution in [2.75, 3.05) is 0 Å². The predicted molar refractivity (Wildman–Crippen MR) is 109 cm³/mol. The Morgan fingerprint density at radius 1 is 0.933 bits per heavy atom. The molecule has 0 amide bonds. The summed E-state index contributed by atoms with van der Waals surface area (Å²) in [6.45, 7) is 0.480. The van der Waals surface area contributed by atoms with Gasteiger partial charge in [-0.3, -0.25) is 4.79 Å². The third-order valence-electron chi connectivity index (χ3n) is 4.48. The molecule has 0 atom stereocenters. The second kappa shape index (κ2) is 7.48. The maximum absolute atomic E-state index is 12.4. The molecule has 2 aromatic carbocycles. The van der Waals surface area contributed by atoms with Crippen LogP contribution in [-0.2, 0) is 13.1 Å². The number of nitrogens with one attached hydrogen (secondary N) is 1. The van der Waals surface area contributed by atoms with Crippen molar-refractivity contribution in [3.05, 3.63) is 81.4 Å². The van der Waals surface area contributed by atoms with Crippen molar-refractivity contribution in [2.24, 2.45) is 0 Å². The molecule has 0 saturated carbocycles. The molecule has 0 fully saturated rings. The van der Waals surface area contributed by atoms with Gasteiger partial charge in [0.25, 0.3) is 5.56 Å². The summed E-state index contributed by atoms with van der Waals surface area (Å²) < 4.78 is 1.54. The highest BCUT2D eigenvalue weighted by Gasteiger charge is 2.14. The van der Waals surface area contributed by atoms with Gasteiger partial charge in [0.1, 0.15) is 12.4 Å². The van der Waals surface area contributed by atoms with Crippen molar-refractivity contribution < 1.29 is 0 Å². The molecular formula is C19H14ClN9O. The normalized spacial score (nSPS) is 11.2. The van der Waals surface area contributed by atoms with Gasteiger partial charge in [-0.15, -0.1) is 15.3 Å². The van der Waals surface area contributed by atoms with E-state index in [1.54, 1.807) is 10.7 Å². The second-order valence-electron chi connectivity index (χ2n) is 6.53. The molecule has 11 heteroatoms. The lowest BCUT2D eigenvalue weighted by Crippen LogP contribution is -2.16. The van der Waals surface area contributed by atoms with Gasteiger partial charge in [0, 0.05) is 10.6 Å². The fourth-order valence-corrected chi connectivity index (χ4v) is 3.22. The molecule has 0 saturated heterocycles. The first-order valence-corrected chi connectivity index (χ1v) is 9.44.